The zero-order chi connectivity index (χ0) is 65.6. The van der Waals surface area contributed by atoms with Crippen molar-refractivity contribution >= 4 is 43.6 Å². The highest BCUT2D eigenvalue weighted by molar-refractivity contribution is 6.14. The first-order chi connectivity index (χ1) is 48.4. The summed E-state index contributed by atoms with van der Waals surface area (Å²) in [5.41, 5.74) is 23.8. The van der Waals surface area contributed by atoms with Crippen LogP contribution in [-0.2, 0) is 0 Å². The lowest BCUT2D eigenvalue weighted by Crippen LogP contribution is -2.06. The van der Waals surface area contributed by atoms with E-state index in [9.17, 15) is 15.8 Å². The van der Waals surface area contributed by atoms with Crippen molar-refractivity contribution < 1.29 is 0 Å². The minimum Gasteiger partial charge on any atom is -0.308 e. The number of rotatable bonds is 12. The van der Waals surface area contributed by atoms with Crippen LogP contribution in [0.15, 0.2) is 328 Å². The number of nitriles is 3. The molecule has 0 atom stereocenters. The highest BCUT2D eigenvalue weighted by atomic mass is 15.1. The Morgan fingerprint density at radius 3 is 0.847 bits per heavy atom. The molecule has 0 aliphatic heterocycles. The topological polar surface area (TPSA) is 120 Å². The Labute approximate surface area is 566 Å². The van der Waals surface area contributed by atoms with Crippen LogP contribution < -0.4 is 0 Å². The number of aromatic nitrogens is 5. The summed E-state index contributed by atoms with van der Waals surface area (Å²) in [6.45, 7) is 0. The molecule has 98 heavy (non-hydrogen) atoms. The molecule has 454 valence electrons. The van der Waals surface area contributed by atoms with Gasteiger partial charge in [-0.3, -0.25) is 0 Å². The molecule has 3 heterocycles. The quantitative estimate of drug-likeness (QED) is 0.120. The highest BCUT2D eigenvalue weighted by Gasteiger charge is 2.25. The SMILES string of the molecule is N#Cc1ccc(-c2ccc(-n3c4ccc(-c5ccccc5)cc4c4cc(-c5ccccc5)ccc43)c(-c3nc(-c4cccc(-c5cccc(C#N)c5)c4)nc(-c4cc(-c5ccc(C#N)cc5)ccc4-n4c5ccc(-c6ccccc6)cc5c5cc(-c6ccccc6)ccc54)n3)c2)cc1. The molecule has 8 nitrogen and oxygen atoms in total. The standard InChI is InChI=1S/C90H54N8/c91-55-58-27-31-65(32-28-58)73-39-45-86(97-82-41-35-69(61-16-5-1-6-17-61)49-76(82)77-50-70(36-42-83(77)97)62-18-7-2-8-19-62)80(53-73)89-94-88(75-26-14-25-68(48-75)67-24-13-15-60(47-67)57-93)95-90(96-89)81-54-74(66-33-29-59(56-92)30-34-66)40-46-87(81)98-84-43-37-71(63-20-9-3-10-21-63)51-78(84)79-52-72(38-44-85(79)98)64-22-11-4-12-23-64/h1-54H. The van der Waals surface area contributed by atoms with Crippen molar-refractivity contribution in [2.45, 2.75) is 0 Å². The number of nitrogens with zero attached hydrogens (tertiary/aromatic N) is 8. The van der Waals surface area contributed by atoms with Crippen LogP contribution in [-0.4, -0.2) is 24.1 Å². The van der Waals surface area contributed by atoms with Crippen LogP contribution in [0.2, 0.25) is 0 Å². The Bertz CT molecular complexity index is 5590. The van der Waals surface area contributed by atoms with Crippen LogP contribution in [0.5, 0.6) is 0 Å². The Hall–Kier alpha value is -13.8. The van der Waals surface area contributed by atoms with Crippen molar-refractivity contribution in [2.75, 3.05) is 0 Å². The third-order valence-corrected chi connectivity index (χ3v) is 18.7. The van der Waals surface area contributed by atoms with E-state index in [0.29, 0.717) is 34.2 Å². The maximum absolute atomic E-state index is 10.1. The number of hydrogen-bond donors (Lipinski definition) is 0. The normalized spacial score (nSPS) is 11.2. The van der Waals surface area contributed by atoms with Gasteiger partial charge in [0, 0.05) is 38.2 Å². The zero-order valence-electron chi connectivity index (χ0n) is 52.8. The molecule has 0 saturated carbocycles. The van der Waals surface area contributed by atoms with E-state index in [0.717, 1.165) is 150 Å². The second kappa shape index (κ2) is 24.6. The lowest BCUT2D eigenvalue weighted by atomic mass is 9.98. The van der Waals surface area contributed by atoms with Crippen molar-refractivity contribution in [1.29, 1.82) is 15.8 Å². The van der Waals surface area contributed by atoms with Crippen molar-refractivity contribution in [2.24, 2.45) is 0 Å². The summed E-state index contributed by atoms with van der Waals surface area (Å²) in [6.07, 6.45) is 0. The molecular formula is C90H54N8. The third kappa shape index (κ3) is 10.6. The van der Waals surface area contributed by atoms with Gasteiger partial charge < -0.3 is 9.13 Å². The van der Waals surface area contributed by atoms with Crippen LogP contribution >= 0.6 is 0 Å². The third-order valence-electron chi connectivity index (χ3n) is 18.7. The highest BCUT2D eigenvalue weighted by Crippen LogP contribution is 2.45. The van der Waals surface area contributed by atoms with Gasteiger partial charge in [0.1, 0.15) is 0 Å². The molecule has 0 amide bonds. The molecule has 0 aliphatic carbocycles. The van der Waals surface area contributed by atoms with E-state index >= 15 is 0 Å². The van der Waals surface area contributed by atoms with Gasteiger partial charge >= 0.3 is 0 Å². The molecule has 0 aliphatic rings. The number of benzene rings is 14. The molecule has 14 aromatic carbocycles. The molecule has 3 aromatic heterocycles. The zero-order valence-corrected chi connectivity index (χ0v) is 52.8. The van der Waals surface area contributed by atoms with Crippen molar-refractivity contribution in [3.63, 3.8) is 0 Å². The molecule has 0 spiro atoms. The van der Waals surface area contributed by atoms with Gasteiger partial charge in [0.15, 0.2) is 17.5 Å². The van der Waals surface area contributed by atoms with Crippen LogP contribution in [0.25, 0.3) is 167 Å². The first kappa shape index (κ1) is 58.0. The molecule has 0 bridgehead atoms. The molecule has 8 heteroatoms. The minimum atomic E-state index is 0.418. The summed E-state index contributed by atoms with van der Waals surface area (Å²) < 4.78 is 4.70. The van der Waals surface area contributed by atoms with Crippen molar-refractivity contribution in [3.8, 4) is 142 Å². The van der Waals surface area contributed by atoms with Crippen molar-refractivity contribution in [3.05, 3.63) is 344 Å². The van der Waals surface area contributed by atoms with Crippen LogP contribution in [0, 0.1) is 34.0 Å². The number of fused-ring (bicyclic) bond motifs is 6. The van der Waals surface area contributed by atoms with E-state index < -0.39 is 0 Å². The predicted molar refractivity (Wildman–Crippen MR) is 397 cm³/mol. The van der Waals surface area contributed by atoms with Gasteiger partial charge in [0.05, 0.1) is 68.3 Å². The van der Waals surface area contributed by atoms with E-state index in [-0.39, 0.29) is 0 Å². The Morgan fingerprint density at radius 2 is 0.480 bits per heavy atom. The second-order valence-electron chi connectivity index (χ2n) is 24.5. The molecule has 0 unspecified atom stereocenters. The fourth-order valence-electron chi connectivity index (χ4n) is 13.8. The van der Waals surface area contributed by atoms with Crippen LogP contribution in [0.3, 0.4) is 0 Å². The van der Waals surface area contributed by atoms with Crippen LogP contribution in [0.4, 0.5) is 0 Å². The van der Waals surface area contributed by atoms with Gasteiger partial charge in [-0.15, -0.1) is 0 Å². The minimum absolute atomic E-state index is 0.418. The molecule has 17 rings (SSSR count). The summed E-state index contributed by atoms with van der Waals surface area (Å²) >= 11 is 0. The van der Waals surface area contributed by atoms with E-state index in [4.69, 9.17) is 15.0 Å². The largest absolute Gasteiger partial charge is 0.308 e. The number of hydrogen-bond acceptors (Lipinski definition) is 6. The Morgan fingerprint density at radius 1 is 0.204 bits per heavy atom. The second-order valence-corrected chi connectivity index (χ2v) is 24.5. The molecule has 17 aromatic rings. The summed E-state index contributed by atoms with van der Waals surface area (Å²) in [5.74, 6) is 1.26. The maximum atomic E-state index is 10.1. The smallest absolute Gasteiger partial charge is 0.166 e. The lowest BCUT2D eigenvalue weighted by molar-refractivity contribution is 1.06. The molecule has 0 saturated heterocycles. The Balaban J connectivity index is 0.969. The van der Waals surface area contributed by atoms with Gasteiger partial charge in [0.2, 0.25) is 0 Å². The predicted octanol–water partition coefficient (Wildman–Crippen LogP) is 22.4. The molecule has 0 radical (unpaired) electrons. The van der Waals surface area contributed by atoms with Gasteiger partial charge in [-0.2, -0.15) is 15.8 Å². The summed E-state index contributed by atoms with van der Waals surface area (Å²) in [7, 11) is 0. The van der Waals surface area contributed by atoms with Gasteiger partial charge in [-0.25, -0.2) is 15.0 Å². The van der Waals surface area contributed by atoms with Crippen LogP contribution in [0.1, 0.15) is 16.7 Å². The fraction of sp³-hybridized carbons (Fsp3) is 0. The Kier molecular flexibility index (Phi) is 14.5. The molecule has 0 N–H and O–H groups in total. The monoisotopic (exact) mass is 1250 g/mol. The van der Waals surface area contributed by atoms with Gasteiger partial charge in [-0.1, -0.05) is 212 Å². The first-order valence-corrected chi connectivity index (χ1v) is 32.5. The van der Waals surface area contributed by atoms with Crippen molar-refractivity contribution in [1.82, 2.24) is 24.1 Å². The summed E-state index contributed by atoms with van der Waals surface area (Å²) in [4.78, 5) is 17.2. The summed E-state index contributed by atoms with van der Waals surface area (Å²) in [6, 6.07) is 120. The summed E-state index contributed by atoms with van der Waals surface area (Å²) in [5, 5.41) is 34.4. The average Bonchev–Trinajstić information content (AvgIpc) is 1.57. The van der Waals surface area contributed by atoms with E-state index in [2.05, 4.69) is 240 Å². The van der Waals surface area contributed by atoms with E-state index in [1.165, 1.54) is 0 Å². The average molecular weight is 1250 g/mol. The molecular weight excluding hydrogens is 1190 g/mol. The van der Waals surface area contributed by atoms with E-state index in [1.54, 1.807) is 0 Å². The fourth-order valence-corrected chi connectivity index (χ4v) is 13.8. The molecule has 0 fully saturated rings. The van der Waals surface area contributed by atoms with Gasteiger partial charge in [0.25, 0.3) is 0 Å². The maximum Gasteiger partial charge on any atom is 0.166 e. The van der Waals surface area contributed by atoms with E-state index in [1.807, 2.05) is 115 Å². The first-order valence-electron chi connectivity index (χ1n) is 32.5. The lowest BCUT2D eigenvalue weighted by Gasteiger charge is -2.18. The van der Waals surface area contributed by atoms with Gasteiger partial charge in [-0.05, 0) is 193 Å².